The van der Waals surface area contributed by atoms with Gasteiger partial charge in [-0.1, -0.05) is 141 Å². The first-order valence-electron chi connectivity index (χ1n) is 20.3. The summed E-state index contributed by atoms with van der Waals surface area (Å²) in [6, 6.07) is 72.2. The van der Waals surface area contributed by atoms with Gasteiger partial charge in [0.05, 0.1) is 16.6 Å². The van der Waals surface area contributed by atoms with Crippen molar-refractivity contribution in [1.82, 2.24) is 18.5 Å². The van der Waals surface area contributed by atoms with Crippen molar-refractivity contribution >= 4 is 55.9 Å². The van der Waals surface area contributed by atoms with Crippen LogP contribution < -0.4 is 4.90 Å². The van der Waals surface area contributed by atoms with E-state index in [0.717, 1.165) is 67.3 Å². The second kappa shape index (κ2) is 12.7. The van der Waals surface area contributed by atoms with Gasteiger partial charge in [-0.3, -0.25) is 13.5 Å². The molecule has 0 bridgehead atoms. The normalized spacial score (nSPS) is 13.1. The molecular weight excluding hydrogens is 719 g/mol. The summed E-state index contributed by atoms with van der Waals surface area (Å²) in [4.78, 5) is 7.93. The maximum absolute atomic E-state index is 5.52. The third-order valence-corrected chi connectivity index (χ3v) is 12.4. The van der Waals surface area contributed by atoms with Crippen molar-refractivity contribution in [1.29, 1.82) is 0 Å². The van der Waals surface area contributed by atoms with Gasteiger partial charge in [0.2, 0.25) is 5.78 Å². The van der Waals surface area contributed by atoms with Gasteiger partial charge >= 0.3 is 0 Å². The van der Waals surface area contributed by atoms with Gasteiger partial charge in [0.25, 0.3) is 0 Å². The van der Waals surface area contributed by atoms with Gasteiger partial charge in [-0.15, -0.1) is 0 Å². The van der Waals surface area contributed by atoms with Crippen LogP contribution in [0.2, 0.25) is 0 Å². The highest BCUT2D eigenvalue weighted by Crippen LogP contribution is 2.51. The van der Waals surface area contributed by atoms with Gasteiger partial charge in [-0.25, -0.2) is 0 Å². The van der Waals surface area contributed by atoms with Crippen LogP contribution in [0.25, 0.3) is 72.5 Å². The van der Waals surface area contributed by atoms with Crippen LogP contribution in [0.3, 0.4) is 0 Å². The van der Waals surface area contributed by atoms with Crippen molar-refractivity contribution in [3.63, 3.8) is 0 Å². The Morgan fingerprint density at radius 2 is 1.02 bits per heavy atom. The minimum absolute atomic E-state index is 0.133. The largest absolute Gasteiger partial charge is 0.310 e. The third-order valence-electron chi connectivity index (χ3n) is 12.4. The smallest absolute Gasteiger partial charge is 0.222 e. The predicted octanol–water partition coefficient (Wildman–Crippen LogP) is 13.8. The molecular formula is C54H39N5. The van der Waals surface area contributed by atoms with Gasteiger partial charge < -0.3 is 4.90 Å². The monoisotopic (exact) mass is 757 g/mol. The van der Waals surface area contributed by atoms with Gasteiger partial charge in [0.1, 0.15) is 5.52 Å². The molecule has 3 aromatic heterocycles. The lowest BCUT2D eigenvalue weighted by Crippen LogP contribution is -2.16. The van der Waals surface area contributed by atoms with E-state index in [9.17, 15) is 0 Å². The lowest BCUT2D eigenvalue weighted by molar-refractivity contribution is 0.660. The van der Waals surface area contributed by atoms with Gasteiger partial charge in [-0.2, -0.15) is 4.98 Å². The minimum Gasteiger partial charge on any atom is -0.310 e. The molecule has 12 rings (SSSR count). The van der Waals surface area contributed by atoms with Crippen LogP contribution in [0.4, 0.5) is 17.1 Å². The second-order valence-corrected chi connectivity index (χ2v) is 16.1. The van der Waals surface area contributed by atoms with Crippen molar-refractivity contribution in [2.45, 2.75) is 19.3 Å². The summed E-state index contributed by atoms with van der Waals surface area (Å²) in [6.45, 7) is 4.70. The van der Waals surface area contributed by atoms with Crippen LogP contribution in [0.1, 0.15) is 25.0 Å². The van der Waals surface area contributed by atoms with E-state index in [2.05, 4.69) is 232 Å². The van der Waals surface area contributed by atoms with E-state index in [0.29, 0.717) is 0 Å². The summed E-state index contributed by atoms with van der Waals surface area (Å²) in [6.07, 6.45) is 0. The molecule has 11 aromatic rings. The summed E-state index contributed by atoms with van der Waals surface area (Å²) in [5, 5.41) is 1.16. The Labute approximate surface area is 342 Å². The van der Waals surface area contributed by atoms with E-state index in [4.69, 9.17) is 4.98 Å². The molecule has 1 aliphatic carbocycles. The number of rotatable bonds is 6. The fraction of sp³-hybridized carbons (Fsp3) is 0.0556. The summed E-state index contributed by atoms with van der Waals surface area (Å²) in [5.41, 5.74) is 18.4. The predicted molar refractivity (Wildman–Crippen MR) is 244 cm³/mol. The van der Waals surface area contributed by atoms with E-state index >= 15 is 0 Å². The maximum Gasteiger partial charge on any atom is 0.222 e. The lowest BCUT2D eigenvalue weighted by atomic mass is 9.82. The Kier molecular flexibility index (Phi) is 7.20. The Morgan fingerprint density at radius 3 is 1.78 bits per heavy atom. The van der Waals surface area contributed by atoms with E-state index in [-0.39, 0.29) is 5.41 Å². The van der Waals surface area contributed by atoms with Crippen LogP contribution in [-0.2, 0) is 5.41 Å². The zero-order valence-electron chi connectivity index (χ0n) is 32.8. The molecule has 0 amide bonds. The fourth-order valence-electron chi connectivity index (χ4n) is 9.66. The summed E-state index contributed by atoms with van der Waals surface area (Å²) in [5.74, 6) is 0.875. The Hall–Kier alpha value is -7.63. The Balaban J connectivity index is 1.11. The van der Waals surface area contributed by atoms with Crippen LogP contribution in [0.15, 0.2) is 200 Å². The highest BCUT2D eigenvalue weighted by atomic mass is 15.3. The average Bonchev–Trinajstić information content (AvgIpc) is 3.98. The zero-order valence-corrected chi connectivity index (χ0v) is 32.8. The molecule has 59 heavy (non-hydrogen) atoms. The molecule has 5 nitrogen and oxygen atoms in total. The average molecular weight is 758 g/mol. The molecule has 0 atom stereocenters. The first kappa shape index (κ1) is 33.5. The second-order valence-electron chi connectivity index (χ2n) is 16.1. The van der Waals surface area contributed by atoms with Crippen LogP contribution in [-0.4, -0.2) is 18.5 Å². The topological polar surface area (TPSA) is 30.4 Å². The van der Waals surface area contributed by atoms with E-state index in [1.54, 1.807) is 0 Å². The fourth-order valence-corrected chi connectivity index (χ4v) is 9.66. The van der Waals surface area contributed by atoms with Crippen molar-refractivity contribution < 1.29 is 0 Å². The molecule has 0 aliphatic heterocycles. The van der Waals surface area contributed by atoms with Gasteiger partial charge in [0.15, 0.2) is 5.65 Å². The minimum atomic E-state index is -0.133. The quantitative estimate of drug-likeness (QED) is 0.169. The molecule has 3 heterocycles. The first-order chi connectivity index (χ1) is 29.0. The molecule has 0 unspecified atom stereocenters. The Morgan fingerprint density at radius 1 is 0.441 bits per heavy atom. The molecule has 5 heteroatoms. The number of fused-ring (bicyclic) bond motifs is 10. The van der Waals surface area contributed by atoms with Crippen molar-refractivity contribution in [2.24, 2.45) is 0 Å². The number of para-hydroxylation sites is 3. The molecule has 0 spiro atoms. The Bertz CT molecular complexity index is 3390. The molecule has 0 N–H and O–H groups in total. The lowest BCUT2D eigenvalue weighted by Gasteiger charge is -2.28. The van der Waals surface area contributed by atoms with Crippen molar-refractivity contribution in [3.05, 3.63) is 211 Å². The molecule has 0 saturated carbocycles. The number of hydrogen-bond acceptors (Lipinski definition) is 2. The SMILES string of the molecule is CC1(C)c2ccccc2-c2ccc(N(c3ccc(-c4ccccc4)cc3)c3ccc4c(c3)n(-c3ccccc3)c3nc5c(c6ccccc6n5-c5ccccc5)n43)cc21. The van der Waals surface area contributed by atoms with Crippen molar-refractivity contribution in [3.8, 4) is 33.6 Å². The number of benzene rings is 8. The maximum atomic E-state index is 5.52. The van der Waals surface area contributed by atoms with Crippen molar-refractivity contribution in [2.75, 3.05) is 4.90 Å². The number of imidazole rings is 2. The zero-order chi connectivity index (χ0) is 39.2. The molecule has 0 fully saturated rings. The van der Waals surface area contributed by atoms with E-state index in [1.807, 2.05) is 0 Å². The standard InChI is InChI=1S/C54H39N5/c1-54(2)46-24-14-12-22-43(46)44-32-30-41(34-47(44)54)56(40-28-26-37(27-29-40)36-16-6-3-7-17-36)42-31-33-49-50(35-42)58(39-20-10-5-11-21-39)53-55-52-51(59(49)53)45-23-13-15-25-48(45)57(52)38-18-8-4-9-19-38/h3-35H,1-2H3. The number of nitrogens with zero attached hydrogens (tertiary/aromatic N) is 5. The molecule has 0 radical (unpaired) electrons. The number of hydrogen-bond donors (Lipinski definition) is 0. The van der Waals surface area contributed by atoms with Gasteiger partial charge in [-0.05, 0) is 106 Å². The summed E-state index contributed by atoms with van der Waals surface area (Å²) < 4.78 is 6.97. The molecule has 8 aromatic carbocycles. The number of aromatic nitrogens is 4. The highest BCUT2D eigenvalue weighted by Gasteiger charge is 2.36. The number of anilines is 3. The van der Waals surface area contributed by atoms with Crippen LogP contribution in [0.5, 0.6) is 0 Å². The van der Waals surface area contributed by atoms with E-state index < -0.39 is 0 Å². The molecule has 1 aliphatic rings. The first-order valence-corrected chi connectivity index (χ1v) is 20.3. The third kappa shape index (κ3) is 4.95. The van der Waals surface area contributed by atoms with Gasteiger partial charge in [0, 0.05) is 39.2 Å². The van der Waals surface area contributed by atoms with E-state index in [1.165, 1.54) is 33.4 Å². The molecule has 280 valence electrons. The molecule has 0 saturated heterocycles. The summed E-state index contributed by atoms with van der Waals surface area (Å²) >= 11 is 0. The summed E-state index contributed by atoms with van der Waals surface area (Å²) in [7, 11) is 0. The van der Waals surface area contributed by atoms with Crippen LogP contribution >= 0.6 is 0 Å². The highest BCUT2D eigenvalue weighted by molar-refractivity contribution is 6.10. The van der Waals surface area contributed by atoms with Crippen LogP contribution in [0, 0.1) is 0 Å².